The molecule has 0 radical (unpaired) electrons. The normalized spacial score (nSPS) is 13.9. The monoisotopic (exact) mass is 670 g/mol. The standard InChI is InChI=1S/C51H39N/c1-51(2)49-16-10-9-15-47(49)48-34-27-43(35-50(48)51)42-19-17-38(18-20-42)41-25-32-46(33-26-41)52(44-28-21-39(22-29-44)36-11-5-3-6-12-36)45-30-23-40(24-31-45)37-13-7-4-8-14-37/h3-35H,1-2H3/i3D,5D,6D,11D,12D. The van der Waals surface area contributed by atoms with E-state index in [4.69, 9.17) is 6.85 Å². The van der Waals surface area contributed by atoms with Gasteiger partial charge in [0.25, 0.3) is 0 Å². The van der Waals surface area contributed by atoms with E-state index < -0.39 is 6.04 Å². The Morgan fingerprint density at radius 3 is 1.33 bits per heavy atom. The second kappa shape index (κ2) is 13.0. The average Bonchev–Trinajstić information content (AvgIpc) is 3.49. The molecule has 0 heterocycles. The van der Waals surface area contributed by atoms with Crippen LogP contribution in [0, 0.1) is 0 Å². The first kappa shape index (κ1) is 26.4. The Bertz CT molecular complexity index is 2750. The lowest BCUT2D eigenvalue weighted by Gasteiger charge is -2.26. The molecule has 0 N–H and O–H groups in total. The molecule has 1 heteroatoms. The van der Waals surface area contributed by atoms with Gasteiger partial charge in [0, 0.05) is 22.5 Å². The molecular weight excluding hydrogens is 627 g/mol. The van der Waals surface area contributed by atoms with Crippen LogP contribution in [-0.2, 0) is 5.41 Å². The third-order valence-electron chi connectivity index (χ3n) is 10.4. The number of hydrogen-bond acceptors (Lipinski definition) is 1. The number of hydrogen-bond donors (Lipinski definition) is 0. The topological polar surface area (TPSA) is 3.24 Å². The summed E-state index contributed by atoms with van der Waals surface area (Å²) in [7, 11) is 0. The van der Waals surface area contributed by atoms with Crippen LogP contribution in [0.2, 0.25) is 0 Å². The summed E-state index contributed by atoms with van der Waals surface area (Å²) in [4.78, 5) is 2.17. The molecule has 0 fully saturated rings. The molecular formula is C51H39N. The minimum atomic E-state index is -0.398. The highest BCUT2D eigenvalue weighted by Gasteiger charge is 2.35. The van der Waals surface area contributed by atoms with E-state index in [2.05, 4.69) is 146 Å². The lowest BCUT2D eigenvalue weighted by atomic mass is 9.81. The van der Waals surface area contributed by atoms with E-state index in [0.717, 1.165) is 39.3 Å². The van der Waals surface area contributed by atoms with Gasteiger partial charge in [-0.15, -0.1) is 0 Å². The molecule has 0 saturated carbocycles. The highest BCUT2D eigenvalue weighted by atomic mass is 15.1. The Balaban J connectivity index is 1.03. The van der Waals surface area contributed by atoms with Crippen LogP contribution in [0.15, 0.2) is 200 Å². The molecule has 8 aromatic rings. The fourth-order valence-corrected chi connectivity index (χ4v) is 7.59. The lowest BCUT2D eigenvalue weighted by Crippen LogP contribution is -2.14. The van der Waals surface area contributed by atoms with Crippen LogP contribution in [-0.4, -0.2) is 0 Å². The van der Waals surface area contributed by atoms with Gasteiger partial charge in [0.2, 0.25) is 0 Å². The predicted molar refractivity (Wildman–Crippen MR) is 220 cm³/mol. The van der Waals surface area contributed by atoms with E-state index in [1.54, 1.807) is 0 Å². The van der Waals surface area contributed by atoms with Crippen molar-refractivity contribution < 1.29 is 6.85 Å². The molecule has 1 aliphatic carbocycles. The Morgan fingerprint density at radius 1 is 0.365 bits per heavy atom. The molecule has 8 aromatic carbocycles. The molecule has 0 spiro atoms. The second-order valence-corrected chi connectivity index (χ2v) is 13.9. The Labute approximate surface area is 314 Å². The van der Waals surface area contributed by atoms with Crippen molar-refractivity contribution in [1.29, 1.82) is 0 Å². The van der Waals surface area contributed by atoms with Crippen LogP contribution in [0.25, 0.3) is 55.6 Å². The molecule has 0 aliphatic heterocycles. The number of rotatable bonds is 7. The first-order chi connectivity index (χ1) is 27.6. The number of nitrogens with zero attached hydrogens (tertiary/aromatic N) is 1. The van der Waals surface area contributed by atoms with Gasteiger partial charge in [-0.1, -0.05) is 171 Å². The van der Waals surface area contributed by atoms with Crippen molar-refractivity contribution in [3.05, 3.63) is 211 Å². The van der Waals surface area contributed by atoms with E-state index >= 15 is 0 Å². The molecule has 248 valence electrons. The fourth-order valence-electron chi connectivity index (χ4n) is 7.59. The van der Waals surface area contributed by atoms with Crippen LogP contribution >= 0.6 is 0 Å². The molecule has 52 heavy (non-hydrogen) atoms. The average molecular weight is 671 g/mol. The van der Waals surface area contributed by atoms with Crippen molar-refractivity contribution in [2.75, 3.05) is 4.90 Å². The maximum Gasteiger partial charge on any atom is 0.0629 e. The van der Waals surface area contributed by atoms with E-state index in [-0.39, 0.29) is 35.1 Å². The van der Waals surface area contributed by atoms with Gasteiger partial charge in [-0.25, -0.2) is 0 Å². The number of anilines is 3. The number of benzene rings is 8. The molecule has 0 aromatic heterocycles. The van der Waals surface area contributed by atoms with Gasteiger partial charge in [0.05, 0.1) is 6.85 Å². The maximum atomic E-state index is 8.50. The van der Waals surface area contributed by atoms with Crippen LogP contribution in [0.5, 0.6) is 0 Å². The SMILES string of the molecule is [2H]c1c([2H])c([2H])c(-c2ccc(N(c3ccc(-c4ccccc4)cc3)c3ccc(-c4ccc(-c5ccc6c(c5)C(C)(C)c5ccccc5-6)cc4)cc3)cc2)c([2H])c1[2H]. The van der Waals surface area contributed by atoms with E-state index in [9.17, 15) is 0 Å². The van der Waals surface area contributed by atoms with Crippen molar-refractivity contribution in [3.8, 4) is 55.6 Å². The quantitative estimate of drug-likeness (QED) is 0.163. The van der Waals surface area contributed by atoms with Gasteiger partial charge < -0.3 is 4.90 Å². The van der Waals surface area contributed by atoms with Gasteiger partial charge in [-0.05, 0) is 109 Å². The Morgan fingerprint density at radius 2 is 0.769 bits per heavy atom. The van der Waals surface area contributed by atoms with Crippen LogP contribution in [0.4, 0.5) is 17.1 Å². The van der Waals surface area contributed by atoms with E-state index in [0.29, 0.717) is 5.56 Å². The zero-order valence-corrected chi connectivity index (χ0v) is 29.1. The zero-order chi connectivity index (χ0) is 39.4. The third-order valence-corrected chi connectivity index (χ3v) is 10.4. The van der Waals surface area contributed by atoms with Gasteiger partial charge >= 0.3 is 0 Å². The number of fused-ring (bicyclic) bond motifs is 3. The summed E-state index contributed by atoms with van der Waals surface area (Å²) in [5.41, 5.74) is 15.8. The molecule has 0 bridgehead atoms. The summed E-state index contributed by atoms with van der Waals surface area (Å²) in [6.07, 6.45) is 0. The smallest absolute Gasteiger partial charge is 0.0629 e. The summed E-state index contributed by atoms with van der Waals surface area (Å²) in [5, 5.41) is 0. The maximum absolute atomic E-state index is 8.50. The Hall–Kier alpha value is -6.44. The van der Waals surface area contributed by atoms with Crippen molar-refractivity contribution in [3.63, 3.8) is 0 Å². The minimum Gasteiger partial charge on any atom is -0.311 e. The molecule has 1 nitrogen and oxygen atoms in total. The van der Waals surface area contributed by atoms with E-state index in [1.807, 2.05) is 42.5 Å². The summed E-state index contributed by atoms with van der Waals surface area (Å²) in [6, 6.07) is 57.7. The summed E-state index contributed by atoms with van der Waals surface area (Å²) in [5.74, 6) is 0. The van der Waals surface area contributed by atoms with E-state index in [1.165, 1.54) is 33.4 Å². The third kappa shape index (κ3) is 5.71. The first-order valence-corrected chi connectivity index (χ1v) is 17.7. The fraction of sp³-hybridized carbons (Fsp3) is 0.0588. The van der Waals surface area contributed by atoms with Crippen LogP contribution < -0.4 is 4.90 Å². The van der Waals surface area contributed by atoms with Gasteiger partial charge in [0.1, 0.15) is 0 Å². The molecule has 9 rings (SSSR count). The molecule has 0 saturated heterocycles. The Kier molecular flexibility index (Phi) is 6.61. The summed E-state index contributed by atoms with van der Waals surface area (Å²) >= 11 is 0. The van der Waals surface area contributed by atoms with Gasteiger partial charge in [-0.2, -0.15) is 0 Å². The molecule has 1 aliphatic rings. The predicted octanol–water partition coefficient (Wildman–Crippen LogP) is 14.1. The highest BCUT2D eigenvalue weighted by molar-refractivity contribution is 5.85. The second-order valence-electron chi connectivity index (χ2n) is 13.9. The summed E-state index contributed by atoms with van der Waals surface area (Å²) in [6.45, 7) is 4.63. The molecule has 0 atom stereocenters. The largest absolute Gasteiger partial charge is 0.311 e. The van der Waals surface area contributed by atoms with Crippen molar-refractivity contribution in [1.82, 2.24) is 0 Å². The van der Waals surface area contributed by atoms with Gasteiger partial charge in [0.15, 0.2) is 0 Å². The highest BCUT2D eigenvalue weighted by Crippen LogP contribution is 2.49. The summed E-state index contributed by atoms with van der Waals surface area (Å²) < 4.78 is 41.4. The van der Waals surface area contributed by atoms with Crippen molar-refractivity contribution in [2.45, 2.75) is 19.3 Å². The minimum absolute atomic E-state index is 0.0478. The van der Waals surface area contributed by atoms with Gasteiger partial charge in [-0.3, -0.25) is 0 Å². The lowest BCUT2D eigenvalue weighted by molar-refractivity contribution is 0.660. The van der Waals surface area contributed by atoms with Crippen LogP contribution in [0.1, 0.15) is 31.8 Å². The van der Waals surface area contributed by atoms with Crippen LogP contribution in [0.3, 0.4) is 0 Å². The first-order valence-electron chi connectivity index (χ1n) is 20.2. The molecule has 0 amide bonds. The molecule has 0 unspecified atom stereocenters. The van der Waals surface area contributed by atoms with Crippen molar-refractivity contribution in [2.24, 2.45) is 0 Å². The zero-order valence-electron chi connectivity index (χ0n) is 34.1. The van der Waals surface area contributed by atoms with Crippen molar-refractivity contribution >= 4 is 17.1 Å².